The molecule has 0 fully saturated rings. The first-order chi connectivity index (χ1) is 9.06. The van der Waals surface area contributed by atoms with Gasteiger partial charge in [0.25, 0.3) is 5.91 Å². The molecule has 2 amide bonds. The molecule has 0 bridgehead atoms. The van der Waals surface area contributed by atoms with E-state index in [-0.39, 0.29) is 30.4 Å². The van der Waals surface area contributed by atoms with Gasteiger partial charge in [-0.2, -0.15) is 0 Å². The molecule has 0 saturated heterocycles. The van der Waals surface area contributed by atoms with Gasteiger partial charge in [-0.1, -0.05) is 11.3 Å². The van der Waals surface area contributed by atoms with Crippen LogP contribution in [0, 0.1) is 0 Å². The Bertz CT molecular complexity index is 524. The number of aryl methyl sites for hydroxylation is 1. The summed E-state index contributed by atoms with van der Waals surface area (Å²) in [5, 5.41) is 5.84. The van der Waals surface area contributed by atoms with Crippen LogP contribution in [0.5, 0.6) is 0 Å². The fraction of sp³-hybridized carbons (Fsp3) is 0.500. The third-order valence-corrected chi connectivity index (χ3v) is 3.74. The van der Waals surface area contributed by atoms with Gasteiger partial charge in [0, 0.05) is 19.4 Å². The summed E-state index contributed by atoms with van der Waals surface area (Å²) in [4.78, 5) is 38.9. The molecule has 1 aliphatic rings. The topological polar surface area (TPSA) is 88.2 Å². The summed E-state index contributed by atoms with van der Waals surface area (Å²) >= 11 is 1.18. The Morgan fingerprint density at radius 3 is 2.95 bits per heavy atom. The summed E-state index contributed by atoms with van der Waals surface area (Å²) < 4.78 is 0. The van der Waals surface area contributed by atoms with Gasteiger partial charge in [-0.05, 0) is 19.8 Å². The number of thiazole rings is 1. The van der Waals surface area contributed by atoms with Gasteiger partial charge in [0.15, 0.2) is 5.13 Å². The molecule has 0 atom stereocenters. The maximum Gasteiger partial charge on any atom is 0.263 e. The average molecular weight is 281 g/mol. The van der Waals surface area contributed by atoms with Gasteiger partial charge in [-0.25, -0.2) is 4.98 Å². The van der Waals surface area contributed by atoms with Gasteiger partial charge in [0.05, 0.1) is 5.69 Å². The molecule has 2 rings (SSSR count). The quantitative estimate of drug-likeness (QED) is 0.866. The van der Waals surface area contributed by atoms with Crippen molar-refractivity contribution in [2.75, 3.05) is 11.9 Å². The molecule has 0 aliphatic carbocycles. The molecule has 1 aliphatic heterocycles. The molecule has 1 aromatic rings. The van der Waals surface area contributed by atoms with Crippen molar-refractivity contribution >= 4 is 34.1 Å². The van der Waals surface area contributed by atoms with E-state index in [0.717, 1.165) is 18.5 Å². The van der Waals surface area contributed by atoms with Crippen molar-refractivity contribution in [2.45, 2.75) is 32.6 Å². The Balaban J connectivity index is 2.02. The summed E-state index contributed by atoms with van der Waals surface area (Å²) in [6, 6.07) is 0. The number of ketones is 1. The summed E-state index contributed by atoms with van der Waals surface area (Å²) in [5.41, 5.74) is 0.738. The maximum absolute atomic E-state index is 11.7. The van der Waals surface area contributed by atoms with Crippen LogP contribution in [0.25, 0.3) is 0 Å². The predicted octanol–water partition coefficient (Wildman–Crippen LogP) is 1.13. The molecule has 2 heterocycles. The third kappa shape index (κ3) is 3.60. The van der Waals surface area contributed by atoms with E-state index in [0.29, 0.717) is 16.6 Å². The molecule has 1 aromatic heterocycles. The number of anilines is 1. The summed E-state index contributed by atoms with van der Waals surface area (Å²) in [5.74, 6) is -0.404. The molecular formula is C12H15N3O3S. The van der Waals surface area contributed by atoms with Crippen molar-refractivity contribution in [3.63, 3.8) is 0 Å². The number of carbonyl (C=O) groups is 3. The van der Waals surface area contributed by atoms with E-state index in [2.05, 4.69) is 15.6 Å². The zero-order valence-electron chi connectivity index (χ0n) is 10.6. The fourth-order valence-electron chi connectivity index (χ4n) is 1.76. The van der Waals surface area contributed by atoms with Crippen LogP contribution in [0.1, 0.15) is 41.6 Å². The number of aromatic nitrogens is 1. The van der Waals surface area contributed by atoms with E-state index in [1.807, 2.05) is 0 Å². The maximum atomic E-state index is 11.7. The van der Waals surface area contributed by atoms with Crippen LogP contribution in [-0.4, -0.2) is 29.1 Å². The van der Waals surface area contributed by atoms with E-state index in [4.69, 9.17) is 0 Å². The van der Waals surface area contributed by atoms with Crippen molar-refractivity contribution < 1.29 is 14.4 Å². The lowest BCUT2D eigenvalue weighted by molar-refractivity contribution is -0.121. The Morgan fingerprint density at radius 2 is 2.21 bits per heavy atom. The molecule has 7 heteroatoms. The standard InChI is InChI=1S/C12H15N3O3S/c1-7(16)4-5-9(17)15-12-14-8-3-2-6-13-11(18)10(8)19-12/h2-6H2,1H3,(H,13,18)(H,14,15,17). The summed E-state index contributed by atoms with van der Waals surface area (Å²) in [7, 11) is 0. The van der Waals surface area contributed by atoms with Crippen LogP contribution in [-0.2, 0) is 16.0 Å². The molecule has 19 heavy (non-hydrogen) atoms. The second kappa shape index (κ2) is 5.92. The van der Waals surface area contributed by atoms with Gasteiger partial charge >= 0.3 is 0 Å². The minimum atomic E-state index is -0.250. The minimum Gasteiger partial charge on any atom is -0.351 e. The summed E-state index contributed by atoms with van der Waals surface area (Å²) in [6.07, 6.45) is 1.94. The first kappa shape index (κ1) is 13.7. The number of fused-ring (bicyclic) bond motifs is 1. The average Bonchev–Trinajstić information content (AvgIpc) is 2.67. The Labute approximate surface area is 114 Å². The number of nitrogens with zero attached hydrogens (tertiary/aromatic N) is 1. The van der Waals surface area contributed by atoms with Crippen LogP contribution >= 0.6 is 11.3 Å². The van der Waals surface area contributed by atoms with Crippen LogP contribution in [0.4, 0.5) is 5.13 Å². The van der Waals surface area contributed by atoms with E-state index in [9.17, 15) is 14.4 Å². The zero-order chi connectivity index (χ0) is 13.8. The first-order valence-corrected chi connectivity index (χ1v) is 6.95. The molecule has 6 nitrogen and oxygen atoms in total. The SMILES string of the molecule is CC(=O)CCC(=O)Nc1nc2c(s1)C(=O)NCCC2. The normalized spacial score (nSPS) is 14.3. The highest BCUT2D eigenvalue weighted by atomic mass is 32.1. The van der Waals surface area contributed by atoms with Crippen LogP contribution in [0.3, 0.4) is 0 Å². The number of amides is 2. The molecule has 0 aromatic carbocycles. The fourth-order valence-corrected chi connectivity index (χ4v) is 2.71. The lowest BCUT2D eigenvalue weighted by Crippen LogP contribution is -2.21. The molecular weight excluding hydrogens is 266 g/mol. The summed E-state index contributed by atoms with van der Waals surface area (Å²) in [6.45, 7) is 2.10. The molecule has 2 N–H and O–H groups in total. The van der Waals surface area contributed by atoms with Gasteiger partial charge in [-0.3, -0.25) is 9.59 Å². The van der Waals surface area contributed by atoms with Crippen molar-refractivity contribution in [1.82, 2.24) is 10.3 Å². The Hall–Kier alpha value is -1.76. The third-order valence-electron chi connectivity index (χ3n) is 2.73. The van der Waals surface area contributed by atoms with Crippen LogP contribution in [0.15, 0.2) is 0 Å². The van der Waals surface area contributed by atoms with Gasteiger partial charge in [-0.15, -0.1) is 0 Å². The number of hydrogen-bond acceptors (Lipinski definition) is 5. The highest BCUT2D eigenvalue weighted by Crippen LogP contribution is 2.25. The van der Waals surface area contributed by atoms with Crippen LogP contribution in [0.2, 0.25) is 0 Å². The van der Waals surface area contributed by atoms with Crippen LogP contribution < -0.4 is 10.6 Å². The largest absolute Gasteiger partial charge is 0.351 e. The molecule has 0 spiro atoms. The molecule has 0 radical (unpaired) electrons. The second-order valence-corrected chi connectivity index (χ2v) is 5.40. The number of nitrogens with one attached hydrogen (secondary N) is 2. The van der Waals surface area contributed by atoms with E-state index >= 15 is 0 Å². The zero-order valence-corrected chi connectivity index (χ0v) is 11.4. The van der Waals surface area contributed by atoms with Crippen molar-refractivity contribution in [3.8, 4) is 0 Å². The number of rotatable bonds is 4. The number of carbonyl (C=O) groups excluding carboxylic acids is 3. The minimum absolute atomic E-state index is 0.0237. The number of Topliss-reactive ketones (excluding diaryl/α,β-unsaturated/α-hetero) is 1. The van der Waals surface area contributed by atoms with E-state index < -0.39 is 0 Å². The molecule has 0 unspecified atom stereocenters. The number of hydrogen-bond donors (Lipinski definition) is 2. The molecule has 0 saturated carbocycles. The lowest BCUT2D eigenvalue weighted by atomic mass is 10.2. The highest BCUT2D eigenvalue weighted by Gasteiger charge is 2.21. The highest BCUT2D eigenvalue weighted by molar-refractivity contribution is 7.17. The van der Waals surface area contributed by atoms with E-state index in [1.54, 1.807) is 0 Å². The van der Waals surface area contributed by atoms with Gasteiger partial charge < -0.3 is 15.4 Å². The second-order valence-electron chi connectivity index (χ2n) is 4.40. The monoisotopic (exact) mass is 281 g/mol. The van der Waals surface area contributed by atoms with Crippen molar-refractivity contribution in [3.05, 3.63) is 10.6 Å². The predicted molar refractivity (Wildman–Crippen MR) is 71.3 cm³/mol. The van der Waals surface area contributed by atoms with Gasteiger partial charge in [0.2, 0.25) is 5.91 Å². The van der Waals surface area contributed by atoms with Crippen molar-refractivity contribution in [1.29, 1.82) is 0 Å². The molecule has 102 valence electrons. The van der Waals surface area contributed by atoms with E-state index in [1.165, 1.54) is 18.3 Å². The smallest absolute Gasteiger partial charge is 0.263 e. The Morgan fingerprint density at radius 1 is 1.42 bits per heavy atom. The first-order valence-electron chi connectivity index (χ1n) is 6.13. The lowest BCUT2D eigenvalue weighted by Gasteiger charge is -2.00. The Kier molecular flexibility index (Phi) is 4.26. The van der Waals surface area contributed by atoms with Crippen molar-refractivity contribution in [2.24, 2.45) is 0 Å². The van der Waals surface area contributed by atoms with Gasteiger partial charge in [0.1, 0.15) is 10.7 Å².